The summed E-state index contributed by atoms with van der Waals surface area (Å²) in [7, 11) is 0. The van der Waals surface area contributed by atoms with Gasteiger partial charge in [0.15, 0.2) is 0 Å². The van der Waals surface area contributed by atoms with Gasteiger partial charge in [-0.25, -0.2) is 0 Å². The highest BCUT2D eigenvalue weighted by molar-refractivity contribution is 4.95. The van der Waals surface area contributed by atoms with Gasteiger partial charge in [-0.05, 0) is 50.6 Å². The zero-order valence-electron chi connectivity index (χ0n) is 10.5. The molecule has 1 saturated carbocycles. The van der Waals surface area contributed by atoms with Gasteiger partial charge in [-0.2, -0.15) is 13.2 Å². The molecule has 4 heteroatoms. The average molecular weight is 249 g/mol. The second-order valence-electron chi connectivity index (χ2n) is 5.84. The van der Waals surface area contributed by atoms with Crippen molar-refractivity contribution in [3.05, 3.63) is 0 Å². The second-order valence-corrected chi connectivity index (χ2v) is 5.84. The summed E-state index contributed by atoms with van der Waals surface area (Å²) < 4.78 is 37.6. The first-order chi connectivity index (χ1) is 7.95. The van der Waals surface area contributed by atoms with Crippen molar-refractivity contribution in [2.75, 3.05) is 19.6 Å². The molecule has 100 valence electrons. The molecule has 0 bridgehead atoms. The zero-order valence-corrected chi connectivity index (χ0v) is 10.5. The SMILES string of the molecule is CCCC1(CN2CCC(C(F)(F)F)CC2)CC1. The lowest BCUT2D eigenvalue weighted by atomic mass is 9.93. The molecular formula is C13H22F3N. The summed E-state index contributed by atoms with van der Waals surface area (Å²) in [5.74, 6) is -1.06. The van der Waals surface area contributed by atoms with Crippen molar-refractivity contribution in [3.8, 4) is 0 Å². The average Bonchev–Trinajstić information content (AvgIpc) is 2.98. The molecular weight excluding hydrogens is 227 g/mol. The fraction of sp³-hybridized carbons (Fsp3) is 1.00. The summed E-state index contributed by atoms with van der Waals surface area (Å²) in [6.45, 7) is 4.49. The predicted molar refractivity (Wildman–Crippen MR) is 61.8 cm³/mol. The highest BCUT2D eigenvalue weighted by Gasteiger charge is 2.45. The number of hydrogen-bond donors (Lipinski definition) is 0. The van der Waals surface area contributed by atoms with E-state index in [1.54, 1.807) is 0 Å². The van der Waals surface area contributed by atoms with Crippen LogP contribution in [0.3, 0.4) is 0 Å². The standard InChI is InChI=1S/C13H22F3N/c1-2-5-12(6-7-12)10-17-8-3-11(4-9-17)13(14,15)16/h11H,2-10H2,1H3. The molecule has 2 aliphatic rings. The minimum Gasteiger partial charge on any atom is -0.303 e. The highest BCUT2D eigenvalue weighted by atomic mass is 19.4. The van der Waals surface area contributed by atoms with Gasteiger partial charge in [-0.15, -0.1) is 0 Å². The van der Waals surface area contributed by atoms with Crippen LogP contribution >= 0.6 is 0 Å². The van der Waals surface area contributed by atoms with Gasteiger partial charge >= 0.3 is 6.18 Å². The number of hydrogen-bond acceptors (Lipinski definition) is 1. The van der Waals surface area contributed by atoms with Crippen molar-refractivity contribution in [3.63, 3.8) is 0 Å². The molecule has 0 atom stereocenters. The molecule has 17 heavy (non-hydrogen) atoms. The van der Waals surface area contributed by atoms with Crippen LogP contribution in [0.5, 0.6) is 0 Å². The van der Waals surface area contributed by atoms with Crippen LogP contribution < -0.4 is 0 Å². The molecule has 1 nitrogen and oxygen atoms in total. The molecule has 2 rings (SSSR count). The summed E-state index contributed by atoms with van der Waals surface area (Å²) >= 11 is 0. The molecule has 1 aliphatic carbocycles. The lowest BCUT2D eigenvalue weighted by Crippen LogP contribution is -2.41. The smallest absolute Gasteiger partial charge is 0.303 e. The lowest BCUT2D eigenvalue weighted by molar-refractivity contribution is -0.185. The topological polar surface area (TPSA) is 3.24 Å². The van der Waals surface area contributed by atoms with Crippen molar-refractivity contribution in [1.29, 1.82) is 0 Å². The summed E-state index contributed by atoms with van der Waals surface area (Å²) in [6, 6.07) is 0. The summed E-state index contributed by atoms with van der Waals surface area (Å²) in [6.07, 6.45) is 1.61. The van der Waals surface area contributed by atoms with E-state index in [9.17, 15) is 13.2 Å². The van der Waals surface area contributed by atoms with Crippen LogP contribution in [0.15, 0.2) is 0 Å². The third-order valence-corrected chi connectivity index (χ3v) is 4.35. The van der Waals surface area contributed by atoms with E-state index in [0.717, 1.165) is 6.54 Å². The Labute approximate surface area is 101 Å². The van der Waals surface area contributed by atoms with Gasteiger partial charge in [-0.3, -0.25) is 0 Å². The number of alkyl halides is 3. The molecule has 1 aliphatic heterocycles. The largest absolute Gasteiger partial charge is 0.391 e. The van der Waals surface area contributed by atoms with E-state index in [4.69, 9.17) is 0 Å². The highest BCUT2D eigenvalue weighted by Crippen LogP contribution is 2.50. The van der Waals surface area contributed by atoms with Gasteiger partial charge < -0.3 is 4.90 Å². The molecule has 0 unspecified atom stereocenters. The Morgan fingerprint density at radius 2 is 1.76 bits per heavy atom. The van der Waals surface area contributed by atoms with Gasteiger partial charge in [0.2, 0.25) is 0 Å². The van der Waals surface area contributed by atoms with E-state index >= 15 is 0 Å². The Morgan fingerprint density at radius 3 is 2.18 bits per heavy atom. The number of nitrogens with zero attached hydrogens (tertiary/aromatic N) is 1. The van der Waals surface area contributed by atoms with Crippen LogP contribution in [0.25, 0.3) is 0 Å². The first kappa shape index (κ1) is 13.2. The van der Waals surface area contributed by atoms with Crippen molar-refractivity contribution < 1.29 is 13.2 Å². The number of rotatable bonds is 4. The Kier molecular flexibility index (Phi) is 3.71. The quantitative estimate of drug-likeness (QED) is 0.731. The molecule has 1 heterocycles. The van der Waals surface area contributed by atoms with E-state index in [1.807, 2.05) is 0 Å². The molecule has 2 fully saturated rings. The molecule has 0 N–H and O–H groups in total. The maximum atomic E-state index is 12.5. The summed E-state index contributed by atoms with van der Waals surface area (Å²) in [5.41, 5.74) is 0.472. The van der Waals surface area contributed by atoms with Crippen LogP contribution in [0.2, 0.25) is 0 Å². The van der Waals surface area contributed by atoms with Crippen LogP contribution in [0, 0.1) is 11.3 Å². The first-order valence-electron chi connectivity index (χ1n) is 6.74. The molecule has 0 spiro atoms. The van der Waals surface area contributed by atoms with Crippen LogP contribution in [-0.2, 0) is 0 Å². The maximum absolute atomic E-state index is 12.5. The van der Waals surface area contributed by atoms with Crippen molar-refractivity contribution in [2.45, 2.75) is 51.6 Å². The van der Waals surface area contributed by atoms with Gasteiger partial charge in [-0.1, -0.05) is 13.3 Å². The van der Waals surface area contributed by atoms with Gasteiger partial charge in [0.25, 0.3) is 0 Å². The Bertz CT molecular complexity index is 250. The fourth-order valence-corrected chi connectivity index (χ4v) is 3.09. The molecule has 0 radical (unpaired) electrons. The summed E-state index contributed by atoms with van der Waals surface area (Å²) in [5, 5.41) is 0. The lowest BCUT2D eigenvalue weighted by Gasteiger charge is -2.35. The maximum Gasteiger partial charge on any atom is 0.391 e. The van der Waals surface area contributed by atoms with E-state index in [2.05, 4.69) is 11.8 Å². The van der Waals surface area contributed by atoms with E-state index < -0.39 is 12.1 Å². The van der Waals surface area contributed by atoms with Gasteiger partial charge in [0, 0.05) is 6.54 Å². The normalized spacial score (nSPS) is 26.1. The minimum atomic E-state index is -3.98. The second kappa shape index (κ2) is 4.79. The van der Waals surface area contributed by atoms with Crippen molar-refractivity contribution in [2.24, 2.45) is 11.3 Å². The first-order valence-corrected chi connectivity index (χ1v) is 6.74. The molecule has 0 aromatic heterocycles. The predicted octanol–water partition coefficient (Wildman–Crippen LogP) is 3.84. The molecule has 0 aromatic rings. The zero-order chi connectivity index (χ0) is 12.5. The van der Waals surface area contributed by atoms with E-state index in [-0.39, 0.29) is 0 Å². The van der Waals surface area contributed by atoms with E-state index in [0.29, 0.717) is 31.3 Å². The van der Waals surface area contributed by atoms with E-state index in [1.165, 1.54) is 25.7 Å². The Balaban J connectivity index is 1.76. The number of piperidine rings is 1. The van der Waals surface area contributed by atoms with Crippen molar-refractivity contribution >= 4 is 0 Å². The van der Waals surface area contributed by atoms with Crippen LogP contribution in [-0.4, -0.2) is 30.7 Å². The third kappa shape index (κ3) is 3.36. The summed E-state index contributed by atoms with van der Waals surface area (Å²) in [4.78, 5) is 2.25. The Morgan fingerprint density at radius 1 is 1.18 bits per heavy atom. The van der Waals surface area contributed by atoms with Gasteiger partial charge in [0.05, 0.1) is 5.92 Å². The number of likely N-dealkylation sites (tertiary alicyclic amines) is 1. The third-order valence-electron chi connectivity index (χ3n) is 4.35. The number of halogens is 3. The van der Waals surface area contributed by atoms with Crippen molar-refractivity contribution in [1.82, 2.24) is 4.90 Å². The monoisotopic (exact) mass is 249 g/mol. The van der Waals surface area contributed by atoms with Crippen LogP contribution in [0.1, 0.15) is 45.4 Å². The molecule has 0 aromatic carbocycles. The van der Waals surface area contributed by atoms with Gasteiger partial charge in [0.1, 0.15) is 0 Å². The fourth-order valence-electron chi connectivity index (χ4n) is 3.09. The Hall–Kier alpha value is -0.250. The minimum absolute atomic E-state index is 0.297. The molecule has 0 amide bonds. The van der Waals surface area contributed by atoms with Crippen LogP contribution in [0.4, 0.5) is 13.2 Å². The molecule has 1 saturated heterocycles.